The number of nitrogens with one attached hydrogen (secondary N) is 1. The molecule has 2 aliphatic rings. The molecular formula is C26H26BrClN4O3S. The number of Topliss-reactive ketones (excluding diaryl/α,β-unsaturated/α-hetero) is 1. The molecule has 7 nitrogen and oxygen atoms in total. The first kappa shape index (κ1) is 25.2. The van der Waals surface area contributed by atoms with Crippen LogP contribution in [0.5, 0.6) is 11.5 Å². The molecule has 1 aliphatic heterocycles. The maximum atomic E-state index is 13.2. The molecule has 10 heteroatoms. The molecule has 1 atom stereocenters. The number of fused-ring (bicyclic) bond motifs is 1. The van der Waals surface area contributed by atoms with Crippen LogP contribution < -0.4 is 14.8 Å². The Labute approximate surface area is 227 Å². The predicted molar refractivity (Wildman–Crippen MR) is 145 cm³/mol. The molecule has 1 aromatic heterocycles. The normalized spacial score (nSPS) is 17.1. The first-order chi connectivity index (χ1) is 17.4. The van der Waals surface area contributed by atoms with Crippen LogP contribution >= 0.6 is 39.3 Å². The average molecular weight is 590 g/mol. The topological polar surface area (TPSA) is 78.3 Å². The van der Waals surface area contributed by atoms with Crippen molar-refractivity contribution in [3.63, 3.8) is 0 Å². The van der Waals surface area contributed by atoms with Crippen molar-refractivity contribution >= 4 is 51.0 Å². The summed E-state index contributed by atoms with van der Waals surface area (Å²) in [6, 6.07) is 11.2. The van der Waals surface area contributed by atoms with Gasteiger partial charge in [0.05, 0.1) is 17.7 Å². The number of nitrogens with zero attached hydrogens (tertiary/aromatic N) is 3. The molecule has 0 fully saturated rings. The highest BCUT2D eigenvalue weighted by Crippen LogP contribution is 2.45. The maximum Gasteiger partial charge on any atom is 0.227 e. The highest BCUT2D eigenvalue weighted by atomic mass is 79.9. The number of methoxy groups -OCH3 is 1. The Morgan fingerprint density at radius 2 is 2.08 bits per heavy atom. The van der Waals surface area contributed by atoms with E-state index in [1.807, 2.05) is 50.2 Å². The van der Waals surface area contributed by atoms with Crippen LogP contribution in [0.25, 0.3) is 0 Å². The highest BCUT2D eigenvalue weighted by molar-refractivity contribution is 9.10. The van der Waals surface area contributed by atoms with E-state index in [1.54, 1.807) is 11.8 Å². The number of allylic oxidation sites excluding steroid dienone is 2. The number of hydrogen-bond acceptors (Lipinski definition) is 7. The maximum absolute atomic E-state index is 13.2. The third kappa shape index (κ3) is 4.88. The second-order valence-corrected chi connectivity index (χ2v) is 11.1. The van der Waals surface area contributed by atoms with Gasteiger partial charge in [-0.25, -0.2) is 4.68 Å². The molecule has 0 saturated heterocycles. The second kappa shape index (κ2) is 10.5. The summed E-state index contributed by atoms with van der Waals surface area (Å²) in [6.07, 6.45) is 2.10. The summed E-state index contributed by atoms with van der Waals surface area (Å²) >= 11 is 11.5. The fraction of sp³-hybridized carbons (Fsp3) is 0.346. The Morgan fingerprint density at radius 3 is 2.83 bits per heavy atom. The molecule has 1 unspecified atom stereocenters. The average Bonchev–Trinajstić information content (AvgIpc) is 3.25. The molecule has 36 heavy (non-hydrogen) atoms. The number of ether oxygens (including phenoxy) is 2. The SMILES string of the molecule is COc1cc(C2C3=C(CCCC3=O)Nc3nc(SCc4ccccc4Cl)nn32)cc(Br)c1OC(C)C. The van der Waals surface area contributed by atoms with Crippen molar-refractivity contribution in [2.45, 2.75) is 56.2 Å². The van der Waals surface area contributed by atoms with Gasteiger partial charge in [0.25, 0.3) is 0 Å². The van der Waals surface area contributed by atoms with Gasteiger partial charge in [-0.2, -0.15) is 4.98 Å². The number of benzene rings is 2. The van der Waals surface area contributed by atoms with E-state index in [-0.39, 0.29) is 11.9 Å². The van der Waals surface area contributed by atoms with Crippen molar-refractivity contribution in [2.24, 2.45) is 0 Å². The van der Waals surface area contributed by atoms with Crippen molar-refractivity contribution in [2.75, 3.05) is 12.4 Å². The summed E-state index contributed by atoms with van der Waals surface area (Å²) in [7, 11) is 1.61. The first-order valence-corrected chi connectivity index (χ1v) is 13.9. The second-order valence-electron chi connectivity index (χ2n) is 8.94. The van der Waals surface area contributed by atoms with Crippen LogP contribution in [0.3, 0.4) is 0 Å². The van der Waals surface area contributed by atoms with Gasteiger partial charge in [0.15, 0.2) is 17.3 Å². The summed E-state index contributed by atoms with van der Waals surface area (Å²) in [5, 5.41) is 9.53. The molecule has 5 rings (SSSR count). The van der Waals surface area contributed by atoms with Crippen LogP contribution in [0.4, 0.5) is 5.95 Å². The lowest BCUT2D eigenvalue weighted by Crippen LogP contribution is -2.31. The summed E-state index contributed by atoms with van der Waals surface area (Å²) < 4.78 is 14.2. The molecule has 2 aromatic carbocycles. The molecule has 0 spiro atoms. The molecule has 0 saturated carbocycles. The van der Waals surface area contributed by atoms with Crippen molar-refractivity contribution in [3.8, 4) is 11.5 Å². The smallest absolute Gasteiger partial charge is 0.227 e. The highest BCUT2D eigenvalue weighted by Gasteiger charge is 2.37. The first-order valence-electron chi connectivity index (χ1n) is 11.8. The van der Waals surface area contributed by atoms with Gasteiger partial charge in [0.2, 0.25) is 11.1 Å². The van der Waals surface area contributed by atoms with Crippen LogP contribution in [0.1, 0.15) is 50.3 Å². The Bertz CT molecular complexity index is 1360. The van der Waals surface area contributed by atoms with Crippen LogP contribution in [0, 0.1) is 0 Å². The monoisotopic (exact) mass is 588 g/mol. The van der Waals surface area contributed by atoms with E-state index in [4.69, 9.17) is 31.2 Å². The van der Waals surface area contributed by atoms with Gasteiger partial charge < -0.3 is 14.8 Å². The Morgan fingerprint density at radius 1 is 1.28 bits per heavy atom. The fourth-order valence-electron chi connectivity index (χ4n) is 4.51. The van der Waals surface area contributed by atoms with E-state index < -0.39 is 6.04 Å². The Balaban J connectivity index is 1.56. The molecule has 0 radical (unpaired) electrons. The zero-order valence-electron chi connectivity index (χ0n) is 20.2. The molecule has 0 amide bonds. The lowest BCUT2D eigenvalue weighted by Gasteiger charge is -2.32. The number of rotatable bonds is 7. The zero-order chi connectivity index (χ0) is 25.4. The minimum atomic E-state index is -0.426. The molecule has 0 bridgehead atoms. The minimum Gasteiger partial charge on any atom is -0.493 e. The van der Waals surface area contributed by atoms with Gasteiger partial charge in [0.1, 0.15) is 6.04 Å². The van der Waals surface area contributed by atoms with E-state index in [9.17, 15) is 4.79 Å². The predicted octanol–water partition coefficient (Wildman–Crippen LogP) is 6.80. The quantitative estimate of drug-likeness (QED) is 0.304. The lowest BCUT2D eigenvalue weighted by atomic mass is 9.85. The van der Waals surface area contributed by atoms with Gasteiger partial charge in [-0.15, -0.1) is 5.10 Å². The number of halogens is 2. The molecule has 1 N–H and O–H groups in total. The van der Waals surface area contributed by atoms with Crippen LogP contribution in [-0.4, -0.2) is 33.8 Å². The van der Waals surface area contributed by atoms with Gasteiger partial charge in [-0.3, -0.25) is 4.79 Å². The minimum absolute atomic E-state index is 0.0196. The van der Waals surface area contributed by atoms with Gasteiger partial charge in [0, 0.05) is 28.5 Å². The summed E-state index contributed by atoms with van der Waals surface area (Å²) in [6.45, 7) is 3.93. The summed E-state index contributed by atoms with van der Waals surface area (Å²) in [5.41, 5.74) is 3.53. The van der Waals surface area contributed by atoms with E-state index >= 15 is 0 Å². The Kier molecular flexibility index (Phi) is 7.32. The molecule has 1 aliphatic carbocycles. The van der Waals surface area contributed by atoms with Gasteiger partial charge >= 0.3 is 0 Å². The Hall–Kier alpha value is -2.49. The third-order valence-corrected chi connectivity index (χ3v) is 7.93. The molecule has 2 heterocycles. The number of thioether (sulfide) groups is 1. The van der Waals surface area contributed by atoms with Crippen molar-refractivity contribution in [1.82, 2.24) is 14.8 Å². The number of carbonyl (C=O) groups is 1. The fourth-order valence-corrected chi connectivity index (χ4v) is 6.18. The van der Waals surface area contributed by atoms with Crippen molar-refractivity contribution in [1.29, 1.82) is 0 Å². The zero-order valence-corrected chi connectivity index (χ0v) is 23.3. The molecule has 188 valence electrons. The van der Waals surface area contributed by atoms with E-state index in [1.165, 1.54) is 11.8 Å². The number of hydrogen-bond donors (Lipinski definition) is 1. The van der Waals surface area contributed by atoms with Gasteiger partial charge in [-0.05, 0) is 71.9 Å². The number of anilines is 1. The van der Waals surface area contributed by atoms with E-state index in [0.29, 0.717) is 39.8 Å². The third-order valence-electron chi connectivity index (χ3n) is 6.08. The number of aromatic nitrogens is 3. The van der Waals surface area contributed by atoms with Crippen LogP contribution in [-0.2, 0) is 10.5 Å². The van der Waals surface area contributed by atoms with Crippen molar-refractivity contribution in [3.05, 3.63) is 68.3 Å². The van der Waals surface area contributed by atoms with Crippen LogP contribution in [0.15, 0.2) is 57.3 Å². The molecular weight excluding hydrogens is 564 g/mol. The number of carbonyl (C=O) groups excluding carboxylic acids is 1. The summed E-state index contributed by atoms with van der Waals surface area (Å²) in [5.74, 6) is 2.60. The lowest BCUT2D eigenvalue weighted by molar-refractivity contribution is -0.116. The van der Waals surface area contributed by atoms with E-state index in [0.717, 1.165) is 39.7 Å². The van der Waals surface area contributed by atoms with E-state index in [2.05, 4.69) is 21.2 Å². The number of ketones is 1. The van der Waals surface area contributed by atoms with Gasteiger partial charge in [-0.1, -0.05) is 41.6 Å². The standard InChI is InChI=1S/C26H26BrClN4O3S/c1-14(2)35-24-17(27)11-16(12-21(24)34-3)23-22-19(9-6-10-20(22)33)29-25-30-26(31-32(23)25)36-13-15-7-4-5-8-18(15)28/h4-5,7-8,11-12,14,23H,6,9-10,13H2,1-3H3,(H,29,30,31). The molecule has 3 aromatic rings. The van der Waals surface area contributed by atoms with Crippen LogP contribution in [0.2, 0.25) is 5.02 Å². The largest absolute Gasteiger partial charge is 0.493 e. The van der Waals surface area contributed by atoms with Crippen molar-refractivity contribution < 1.29 is 14.3 Å². The summed E-state index contributed by atoms with van der Waals surface area (Å²) in [4.78, 5) is 17.9.